The summed E-state index contributed by atoms with van der Waals surface area (Å²) in [5, 5.41) is 3.66. The molecule has 3 rings (SSSR count). The zero-order chi connectivity index (χ0) is 18.6. The minimum absolute atomic E-state index is 0.0125. The van der Waals surface area contributed by atoms with E-state index in [2.05, 4.69) is 21.6 Å². The number of amides is 1. The molecule has 1 aromatic heterocycles. The molecule has 26 heavy (non-hydrogen) atoms. The second-order valence-electron chi connectivity index (χ2n) is 5.51. The van der Waals surface area contributed by atoms with Gasteiger partial charge in [0.1, 0.15) is 5.82 Å². The minimum atomic E-state index is -3.70. The maximum Gasteiger partial charge on any atom is 0.256 e. The summed E-state index contributed by atoms with van der Waals surface area (Å²) >= 11 is 0. The van der Waals surface area contributed by atoms with Gasteiger partial charge in [0.2, 0.25) is 10.0 Å². The number of carbonyl (C=O) groups is 1. The SMILES string of the molecule is C=CCNS(=O)(=O)c1cccc(C(=O)Nc2ccc3ccccc3n2)c1. The van der Waals surface area contributed by atoms with Crippen LogP contribution in [0.4, 0.5) is 5.82 Å². The highest BCUT2D eigenvalue weighted by Gasteiger charge is 2.15. The number of nitrogens with one attached hydrogen (secondary N) is 2. The summed E-state index contributed by atoms with van der Waals surface area (Å²) in [4.78, 5) is 16.9. The first-order chi connectivity index (χ1) is 12.5. The van der Waals surface area contributed by atoms with Crippen LogP contribution in [0, 0.1) is 0 Å². The van der Waals surface area contributed by atoms with Crippen LogP contribution in [0.2, 0.25) is 0 Å². The molecule has 0 fully saturated rings. The standard InChI is InChI=1S/C19H17N3O3S/c1-2-12-20-26(24,25)16-8-5-7-15(13-16)19(23)22-18-11-10-14-6-3-4-9-17(14)21-18/h2-11,13,20H,1,12H2,(H,21,22,23). The molecule has 0 atom stereocenters. The highest BCUT2D eigenvalue weighted by molar-refractivity contribution is 7.89. The van der Waals surface area contributed by atoms with Crippen LogP contribution in [0.3, 0.4) is 0 Å². The Morgan fingerprint density at radius 1 is 1.08 bits per heavy atom. The number of hydrogen-bond acceptors (Lipinski definition) is 4. The van der Waals surface area contributed by atoms with Crippen molar-refractivity contribution < 1.29 is 13.2 Å². The number of fused-ring (bicyclic) bond motifs is 1. The summed E-state index contributed by atoms with van der Waals surface area (Å²) in [7, 11) is -3.70. The van der Waals surface area contributed by atoms with E-state index >= 15 is 0 Å². The molecule has 0 radical (unpaired) electrons. The number of nitrogens with zero attached hydrogens (tertiary/aromatic N) is 1. The van der Waals surface area contributed by atoms with Crippen molar-refractivity contribution in [3.63, 3.8) is 0 Å². The molecular weight excluding hydrogens is 350 g/mol. The van der Waals surface area contributed by atoms with Gasteiger partial charge in [0.05, 0.1) is 10.4 Å². The van der Waals surface area contributed by atoms with Gasteiger partial charge in [-0.1, -0.05) is 30.3 Å². The molecule has 0 aliphatic heterocycles. The largest absolute Gasteiger partial charge is 0.307 e. The molecule has 0 bridgehead atoms. The number of hydrogen-bond donors (Lipinski definition) is 2. The lowest BCUT2D eigenvalue weighted by atomic mass is 10.2. The van der Waals surface area contributed by atoms with E-state index in [1.807, 2.05) is 30.3 Å². The fraction of sp³-hybridized carbons (Fsp3) is 0.0526. The summed E-state index contributed by atoms with van der Waals surface area (Å²) in [6.07, 6.45) is 1.44. The van der Waals surface area contributed by atoms with Gasteiger partial charge in [0, 0.05) is 17.5 Å². The van der Waals surface area contributed by atoms with Crippen molar-refractivity contribution in [1.82, 2.24) is 9.71 Å². The van der Waals surface area contributed by atoms with Crippen LogP contribution in [0.25, 0.3) is 10.9 Å². The average Bonchev–Trinajstić information content (AvgIpc) is 2.66. The van der Waals surface area contributed by atoms with Gasteiger partial charge in [-0.3, -0.25) is 4.79 Å². The van der Waals surface area contributed by atoms with E-state index in [0.29, 0.717) is 5.82 Å². The molecule has 7 heteroatoms. The Labute approximate surface area is 151 Å². The Morgan fingerprint density at radius 2 is 1.88 bits per heavy atom. The topological polar surface area (TPSA) is 88.2 Å². The van der Waals surface area contributed by atoms with Gasteiger partial charge in [-0.15, -0.1) is 6.58 Å². The van der Waals surface area contributed by atoms with Gasteiger partial charge in [0.15, 0.2) is 0 Å². The number of sulfonamides is 1. The Kier molecular flexibility index (Phi) is 5.11. The van der Waals surface area contributed by atoms with Crippen molar-refractivity contribution in [2.24, 2.45) is 0 Å². The number of para-hydroxylation sites is 1. The van der Waals surface area contributed by atoms with E-state index in [-0.39, 0.29) is 17.0 Å². The van der Waals surface area contributed by atoms with Crippen LogP contribution in [0.1, 0.15) is 10.4 Å². The molecule has 6 nitrogen and oxygen atoms in total. The second kappa shape index (κ2) is 7.47. The molecule has 0 aliphatic rings. The molecule has 0 aliphatic carbocycles. The summed E-state index contributed by atoms with van der Waals surface area (Å²) in [6.45, 7) is 3.58. The first-order valence-electron chi connectivity index (χ1n) is 7.87. The lowest BCUT2D eigenvalue weighted by molar-refractivity contribution is 0.102. The van der Waals surface area contributed by atoms with Crippen molar-refractivity contribution in [2.75, 3.05) is 11.9 Å². The molecule has 1 heterocycles. The fourth-order valence-electron chi connectivity index (χ4n) is 2.38. The smallest absolute Gasteiger partial charge is 0.256 e. The van der Waals surface area contributed by atoms with Gasteiger partial charge >= 0.3 is 0 Å². The van der Waals surface area contributed by atoms with Gasteiger partial charge in [-0.2, -0.15) is 0 Å². The number of pyridine rings is 1. The Hall–Kier alpha value is -3.03. The molecule has 0 unspecified atom stereocenters. The number of anilines is 1. The predicted octanol–water partition coefficient (Wildman–Crippen LogP) is 2.95. The first-order valence-corrected chi connectivity index (χ1v) is 9.36. The van der Waals surface area contributed by atoms with Crippen LogP contribution in [0.5, 0.6) is 0 Å². The highest BCUT2D eigenvalue weighted by atomic mass is 32.2. The summed E-state index contributed by atoms with van der Waals surface area (Å²) in [6, 6.07) is 16.9. The van der Waals surface area contributed by atoms with Gasteiger partial charge < -0.3 is 5.32 Å². The lowest BCUT2D eigenvalue weighted by Crippen LogP contribution is -2.24. The van der Waals surface area contributed by atoms with E-state index in [4.69, 9.17) is 0 Å². The molecule has 132 valence electrons. The average molecular weight is 367 g/mol. The Balaban J connectivity index is 1.83. The zero-order valence-corrected chi connectivity index (χ0v) is 14.7. The molecule has 0 saturated carbocycles. The van der Waals surface area contributed by atoms with Gasteiger partial charge in [-0.25, -0.2) is 18.1 Å². The monoisotopic (exact) mass is 367 g/mol. The van der Waals surface area contributed by atoms with Crippen molar-refractivity contribution >= 4 is 32.7 Å². The molecule has 2 aromatic carbocycles. The maximum atomic E-state index is 12.5. The summed E-state index contributed by atoms with van der Waals surface area (Å²) in [5.41, 5.74) is 0.983. The normalized spacial score (nSPS) is 11.2. The quantitative estimate of drug-likeness (QED) is 0.656. The number of aromatic nitrogens is 1. The van der Waals surface area contributed by atoms with E-state index in [1.165, 1.54) is 24.3 Å². The Bertz CT molecular complexity index is 1080. The summed E-state index contributed by atoms with van der Waals surface area (Å²) < 4.78 is 26.7. The van der Waals surface area contributed by atoms with Crippen LogP contribution in [-0.4, -0.2) is 25.9 Å². The van der Waals surface area contributed by atoms with Crippen molar-refractivity contribution in [1.29, 1.82) is 0 Å². The van der Waals surface area contributed by atoms with E-state index in [1.54, 1.807) is 12.1 Å². The summed E-state index contributed by atoms with van der Waals surface area (Å²) in [5.74, 6) is -0.0414. The van der Waals surface area contributed by atoms with Crippen LogP contribution in [0.15, 0.2) is 78.2 Å². The highest BCUT2D eigenvalue weighted by Crippen LogP contribution is 2.16. The van der Waals surface area contributed by atoms with Crippen LogP contribution < -0.4 is 10.0 Å². The number of benzene rings is 2. The number of rotatable bonds is 6. The minimum Gasteiger partial charge on any atom is -0.307 e. The van der Waals surface area contributed by atoms with Crippen molar-refractivity contribution in [3.8, 4) is 0 Å². The van der Waals surface area contributed by atoms with E-state index in [9.17, 15) is 13.2 Å². The molecule has 0 spiro atoms. The predicted molar refractivity (Wildman–Crippen MR) is 102 cm³/mol. The number of carbonyl (C=O) groups excluding carboxylic acids is 1. The first kappa shape index (κ1) is 17.8. The zero-order valence-electron chi connectivity index (χ0n) is 13.8. The molecular formula is C19H17N3O3S. The molecule has 1 amide bonds. The van der Waals surface area contributed by atoms with Gasteiger partial charge in [0.25, 0.3) is 5.91 Å². The third-order valence-corrected chi connectivity index (χ3v) is 5.09. The van der Waals surface area contributed by atoms with E-state index < -0.39 is 15.9 Å². The van der Waals surface area contributed by atoms with Gasteiger partial charge in [-0.05, 0) is 36.4 Å². The lowest BCUT2D eigenvalue weighted by Gasteiger charge is -2.08. The third kappa shape index (κ3) is 3.96. The van der Waals surface area contributed by atoms with Crippen LogP contribution >= 0.6 is 0 Å². The van der Waals surface area contributed by atoms with Crippen molar-refractivity contribution in [2.45, 2.75) is 4.90 Å². The van der Waals surface area contributed by atoms with Crippen molar-refractivity contribution in [3.05, 3.63) is 78.9 Å². The molecule has 2 N–H and O–H groups in total. The Morgan fingerprint density at radius 3 is 2.69 bits per heavy atom. The molecule has 0 saturated heterocycles. The van der Waals surface area contributed by atoms with E-state index in [0.717, 1.165) is 10.9 Å². The fourth-order valence-corrected chi connectivity index (χ4v) is 3.42. The van der Waals surface area contributed by atoms with Crippen LogP contribution in [-0.2, 0) is 10.0 Å². The third-order valence-electron chi connectivity index (χ3n) is 3.66. The molecule has 3 aromatic rings. The second-order valence-corrected chi connectivity index (χ2v) is 7.28. The maximum absolute atomic E-state index is 12.5.